The van der Waals surface area contributed by atoms with Gasteiger partial charge in [-0.1, -0.05) is 31.5 Å². The van der Waals surface area contributed by atoms with E-state index in [0.29, 0.717) is 19.4 Å². The number of carbonyl (C=O) groups excluding carboxylic acids is 2. The molecule has 5 nitrogen and oxygen atoms in total. The third kappa shape index (κ3) is 3.41. The minimum Gasteiger partial charge on any atom is -0.392 e. The van der Waals surface area contributed by atoms with Crippen molar-refractivity contribution in [1.29, 1.82) is 0 Å². The van der Waals surface area contributed by atoms with E-state index in [1.165, 1.54) is 0 Å². The summed E-state index contributed by atoms with van der Waals surface area (Å²) in [6, 6.07) is 0. The van der Waals surface area contributed by atoms with E-state index in [-0.39, 0.29) is 23.3 Å². The summed E-state index contributed by atoms with van der Waals surface area (Å²) in [4.78, 5) is 23.8. The van der Waals surface area contributed by atoms with Crippen LogP contribution in [0.4, 0.5) is 0 Å². The number of thiocarbonyl (C=S) groups is 1. The fraction of sp³-hybridized carbons (Fsp3) is 0.750. The first kappa shape index (κ1) is 14.9. The normalized spacial score (nSPS) is 17.8. The molecule has 1 aliphatic rings. The third-order valence-electron chi connectivity index (χ3n) is 3.40. The lowest BCUT2D eigenvalue weighted by atomic mass is 9.73. The van der Waals surface area contributed by atoms with Crippen LogP contribution >= 0.6 is 12.2 Å². The highest BCUT2D eigenvalue weighted by atomic mass is 32.1. The van der Waals surface area contributed by atoms with Gasteiger partial charge < -0.3 is 16.4 Å². The highest BCUT2D eigenvalue weighted by Crippen LogP contribution is 2.36. The monoisotopic (exact) mass is 271 g/mol. The average molecular weight is 271 g/mol. The Morgan fingerprint density at radius 1 is 1.22 bits per heavy atom. The van der Waals surface area contributed by atoms with E-state index in [9.17, 15) is 9.59 Å². The largest absolute Gasteiger partial charge is 0.392 e. The second-order valence-corrected chi connectivity index (χ2v) is 5.08. The molecule has 18 heavy (non-hydrogen) atoms. The Morgan fingerprint density at radius 3 is 2.33 bits per heavy atom. The molecule has 1 saturated carbocycles. The molecule has 1 rings (SSSR count). The summed E-state index contributed by atoms with van der Waals surface area (Å²) in [6.45, 7) is 2.36. The Morgan fingerprint density at radius 2 is 1.83 bits per heavy atom. The van der Waals surface area contributed by atoms with Crippen molar-refractivity contribution in [3.8, 4) is 0 Å². The molecule has 0 radical (unpaired) electrons. The van der Waals surface area contributed by atoms with Crippen LogP contribution in [0, 0.1) is 5.41 Å². The van der Waals surface area contributed by atoms with Crippen LogP contribution in [-0.2, 0) is 9.59 Å². The highest BCUT2D eigenvalue weighted by molar-refractivity contribution is 7.80. The molecule has 0 aromatic carbocycles. The van der Waals surface area contributed by atoms with E-state index in [1.807, 2.05) is 6.92 Å². The summed E-state index contributed by atoms with van der Waals surface area (Å²) in [5.41, 5.74) is 4.99. The van der Waals surface area contributed by atoms with Crippen molar-refractivity contribution in [2.24, 2.45) is 11.1 Å². The molecule has 0 spiro atoms. The number of carbonyl (C=O) groups is 2. The Kier molecular flexibility index (Phi) is 5.53. The third-order valence-corrected chi connectivity index (χ3v) is 3.79. The van der Waals surface area contributed by atoms with Gasteiger partial charge in [0.25, 0.3) is 0 Å². The quantitative estimate of drug-likeness (QED) is 0.635. The van der Waals surface area contributed by atoms with Crippen LogP contribution in [0.25, 0.3) is 0 Å². The fourth-order valence-corrected chi connectivity index (χ4v) is 2.63. The molecule has 1 fully saturated rings. The lowest BCUT2D eigenvalue weighted by Crippen LogP contribution is -2.51. The zero-order valence-electron chi connectivity index (χ0n) is 10.8. The van der Waals surface area contributed by atoms with Gasteiger partial charge in [-0.25, -0.2) is 0 Å². The maximum absolute atomic E-state index is 12.2. The van der Waals surface area contributed by atoms with E-state index < -0.39 is 5.41 Å². The maximum atomic E-state index is 12.2. The zero-order chi connectivity index (χ0) is 13.6. The van der Waals surface area contributed by atoms with Crippen molar-refractivity contribution in [2.75, 3.05) is 13.1 Å². The van der Waals surface area contributed by atoms with Gasteiger partial charge in [-0.05, 0) is 19.8 Å². The Hall–Kier alpha value is -1.17. The van der Waals surface area contributed by atoms with Crippen LogP contribution in [0.2, 0.25) is 0 Å². The van der Waals surface area contributed by atoms with Gasteiger partial charge in [0.2, 0.25) is 11.8 Å². The molecule has 0 aromatic rings. The molecule has 0 aliphatic heterocycles. The lowest BCUT2D eigenvalue weighted by molar-refractivity contribution is -0.131. The number of amides is 2. The van der Waals surface area contributed by atoms with Crippen molar-refractivity contribution in [3.63, 3.8) is 0 Å². The second kappa shape index (κ2) is 6.68. The summed E-state index contributed by atoms with van der Waals surface area (Å²) in [5, 5.41) is 5.27. The molecule has 0 bridgehead atoms. The van der Waals surface area contributed by atoms with Crippen molar-refractivity contribution in [2.45, 2.75) is 39.0 Å². The van der Waals surface area contributed by atoms with Gasteiger partial charge >= 0.3 is 0 Å². The van der Waals surface area contributed by atoms with Gasteiger partial charge in [0.1, 0.15) is 0 Å². The number of likely N-dealkylation sites (N-methyl/N-ethyl adjacent to an activating group) is 1. The maximum Gasteiger partial charge on any atom is 0.239 e. The number of hydrogen-bond acceptors (Lipinski definition) is 3. The van der Waals surface area contributed by atoms with Crippen LogP contribution in [0.5, 0.6) is 0 Å². The van der Waals surface area contributed by atoms with Crippen LogP contribution < -0.4 is 16.4 Å². The van der Waals surface area contributed by atoms with E-state index >= 15 is 0 Å². The first-order valence-electron chi connectivity index (χ1n) is 6.38. The van der Waals surface area contributed by atoms with Gasteiger partial charge in [-0.2, -0.15) is 0 Å². The molecule has 0 unspecified atom stereocenters. The first-order chi connectivity index (χ1) is 8.53. The SMILES string of the molecule is CCNC(=O)CNC(=O)C1(C(N)=S)CCCCC1. The predicted octanol–water partition coefficient (Wildman–Crippen LogP) is 0.475. The second-order valence-electron chi connectivity index (χ2n) is 4.64. The minimum absolute atomic E-state index is 0.0168. The van der Waals surface area contributed by atoms with Crippen molar-refractivity contribution in [1.82, 2.24) is 10.6 Å². The van der Waals surface area contributed by atoms with E-state index in [0.717, 1.165) is 19.3 Å². The van der Waals surface area contributed by atoms with E-state index in [1.54, 1.807) is 0 Å². The summed E-state index contributed by atoms with van der Waals surface area (Å²) in [6.07, 6.45) is 4.37. The van der Waals surface area contributed by atoms with Crippen LogP contribution in [0.3, 0.4) is 0 Å². The molecule has 6 heteroatoms. The van der Waals surface area contributed by atoms with E-state index in [2.05, 4.69) is 10.6 Å². The molecule has 102 valence electrons. The molecule has 0 aromatic heterocycles. The summed E-state index contributed by atoms with van der Waals surface area (Å²) < 4.78 is 0. The number of hydrogen-bond donors (Lipinski definition) is 3. The highest BCUT2D eigenvalue weighted by Gasteiger charge is 2.42. The standard InChI is InChI=1S/C12H21N3O2S/c1-2-14-9(16)8-15-11(17)12(10(13)18)6-4-3-5-7-12/h2-8H2,1H3,(H2,13,18)(H,14,16)(H,15,17). The van der Waals surface area contributed by atoms with Gasteiger partial charge in [0.15, 0.2) is 0 Å². The smallest absolute Gasteiger partial charge is 0.239 e. The van der Waals surface area contributed by atoms with Gasteiger partial charge in [0, 0.05) is 6.54 Å². The van der Waals surface area contributed by atoms with Gasteiger partial charge in [-0.15, -0.1) is 0 Å². The number of rotatable bonds is 5. The Bertz CT molecular complexity index is 338. The fourth-order valence-electron chi connectivity index (χ4n) is 2.33. The summed E-state index contributed by atoms with van der Waals surface area (Å²) in [7, 11) is 0. The van der Waals surface area contributed by atoms with Gasteiger partial charge in [0.05, 0.1) is 16.9 Å². The lowest BCUT2D eigenvalue weighted by Gasteiger charge is -2.34. The predicted molar refractivity (Wildman–Crippen MR) is 74.0 cm³/mol. The van der Waals surface area contributed by atoms with Gasteiger partial charge in [-0.3, -0.25) is 9.59 Å². The number of nitrogens with one attached hydrogen (secondary N) is 2. The molecule has 0 atom stereocenters. The molecular weight excluding hydrogens is 250 g/mol. The molecule has 2 amide bonds. The molecule has 0 saturated heterocycles. The van der Waals surface area contributed by atoms with Crippen molar-refractivity contribution >= 4 is 29.0 Å². The molecule has 4 N–H and O–H groups in total. The first-order valence-corrected chi connectivity index (χ1v) is 6.78. The zero-order valence-corrected chi connectivity index (χ0v) is 11.6. The van der Waals surface area contributed by atoms with Crippen LogP contribution in [0.15, 0.2) is 0 Å². The summed E-state index contributed by atoms with van der Waals surface area (Å²) in [5.74, 6) is -0.402. The van der Waals surface area contributed by atoms with E-state index in [4.69, 9.17) is 18.0 Å². The molecule has 0 heterocycles. The minimum atomic E-state index is -0.750. The van der Waals surface area contributed by atoms with Crippen molar-refractivity contribution in [3.05, 3.63) is 0 Å². The van der Waals surface area contributed by atoms with Crippen LogP contribution in [-0.4, -0.2) is 29.9 Å². The Labute approximate surface area is 113 Å². The summed E-state index contributed by atoms with van der Waals surface area (Å²) >= 11 is 5.05. The average Bonchev–Trinajstić information content (AvgIpc) is 2.37. The van der Waals surface area contributed by atoms with Crippen molar-refractivity contribution < 1.29 is 9.59 Å². The molecule has 1 aliphatic carbocycles. The Balaban J connectivity index is 2.61. The van der Waals surface area contributed by atoms with Crippen LogP contribution in [0.1, 0.15) is 39.0 Å². The number of nitrogens with two attached hydrogens (primary N) is 1. The topological polar surface area (TPSA) is 84.2 Å². The molecular formula is C12H21N3O2S.